The van der Waals surface area contributed by atoms with Crippen LogP contribution in [0, 0.1) is 6.92 Å². The van der Waals surface area contributed by atoms with E-state index in [1.807, 2.05) is 62.5 Å². The number of benzene rings is 2. The summed E-state index contributed by atoms with van der Waals surface area (Å²) in [6.07, 6.45) is 5.10. The van der Waals surface area contributed by atoms with E-state index in [-0.39, 0.29) is 5.91 Å². The average Bonchev–Trinajstić information content (AvgIpc) is 3.15. The largest absolute Gasteiger partial charge is 0.496 e. The molecular formula is C24H27N3O3. The third-order valence-corrected chi connectivity index (χ3v) is 4.90. The molecular weight excluding hydrogens is 378 g/mol. The number of nitrogens with zero attached hydrogens (tertiary/aromatic N) is 3. The molecule has 30 heavy (non-hydrogen) atoms. The minimum Gasteiger partial charge on any atom is -0.496 e. The van der Waals surface area contributed by atoms with Gasteiger partial charge in [-0.3, -0.25) is 9.48 Å². The summed E-state index contributed by atoms with van der Waals surface area (Å²) < 4.78 is 13.2. The van der Waals surface area contributed by atoms with Crippen LogP contribution in [0.25, 0.3) is 6.08 Å². The van der Waals surface area contributed by atoms with Gasteiger partial charge < -0.3 is 14.4 Å². The maximum atomic E-state index is 12.5. The van der Waals surface area contributed by atoms with Gasteiger partial charge in [0.25, 0.3) is 0 Å². The fourth-order valence-corrected chi connectivity index (χ4v) is 3.06. The SMILES string of the molecule is COc1ccc(/C=C/C(=O)N(C)Cc2ccnn2C)cc1COc1ccccc1C. The van der Waals surface area contributed by atoms with Crippen molar-refractivity contribution in [3.8, 4) is 11.5 Å². The van der Waals surface area contributed by atoms with Gasteiger partial charge in [-0.05, 0) is 48.4 Å². The molecule has 0 aliphatic carbocycles. The standard InChI is InChI=1S/C24H27N3O3/c1-18-7-5-6-8-22(18)30-17-20-15-19(9-11-23(20)29-4)10-12-24(28)26(2)16-21-13-14-25-27(21)3/h5-15H,16-17H2,1-4H3/b12-10+. The van der Waals surface area contributed by atoms with Gasteiger partial charge in [-0.25, -0.2) is 0 Å². The summed E-state index contributed by atoms with van der Waals surface area (Å²) in [5.41, 5.74) is 3.87. The van der Waals surface area contributed by atoms with E-state index in [0.29, 0.717) is 13.2 Å². The summed E-state index contributed by atoms with van der Waals surface area (Å²) in [5.74, 6) is 1.51. The second-order valence-corrected chi connectivity index (χ2v) is 7.10. The van der Waals surface area contributed by atoms with Crippen LogP contribution < -0.4 is 9.47 Å². The molecule has 6 nitrogen and oxygen atoms in total. The Morgan fingerprint density at radius 2 is 1.97 bits per heavy atom. The molecule has 1 heterocycles. The summed E-state index contributed by atoms with van der Waals surface area (Å²) in [6.45, 7) is 2.89. The van der Waals surface area contributed by atoms with Crippen molar-refractivity contribution in [1.29, 1.82) is 0 Å². The molecule has 1 amide bonds. The molecule has 0 fully saturated rings. The molecule has 1 aromatic heterocycles. The first-order valence-corrected chi connectivity index (χ1v) is 9.73. The van der Waals surface area contributed by atoms with Crippen LogP contribution in [0.3, 0.4) is 0 Å². The molecule has 156 valence electrons. The highest BCUT2D eigenvalue weighted by Crippen LogP contribution is 2.24. The van der Waals surface area contributed by atoms with Crippen LogP contribution in [0.2, 0.25) is 0 Å². The van der Waals surface area contributed by atoms with E-state index in [1.54, 1.807) is 42.1 Å². The minimum absolute atomic E-state index is 0.0790. The molecule has 0 atom stereocenters. The van der Waals surface area contributed by atoms with Crippen molar-refractivity contribution in [3.05, 3.63) is 83.2 Å². The second-order valence-electron chi connectivity index (χ2n) is 7.10. The molecule has 0 unspecified atom stereocenters. The maximum absolute atomic E-state index is 12.5. The summed E-state index contributed by atoms with van der Waals surface area (Å²) in [5, 5.41) is 4.13. The smallest absolute Gasteiger partial charge is 0.246 e. The number of aryl methyl sites for hydroxylation is 2. The lowest BCUT2D eigenvalue weighted by molar-refractivity contribution is -0.125. The second kappa shape index (κ2) is 9.78. The zero-order valence-corrected chi connectivity index (χ0v) is 17.8. The van der Waals surface area contributed by atoms with Gasteiger partial charge >= 0.3 is 0 Å². The van der Waals surface area contributed by atoms with E-state index in [1.165, 1.54) is 0 Å². The van der Waals surface area contributed by atoms with Gasteiger partial charge in [0.05, 0.1) is 19.3 Å². The number of hydrogen-bond donors (Lipinski definition) is 0. The van der Waals surface area contributed by atoms with Crippen molar-refractivity contribution in [1.82, 2.24) is 14.7 Å². The molecule has 0 radical (unpaired) electrons. The van der Waals surface area contributed by atoms with E-state index in [9.17, 15) is 4.79 Å². The number of rotatable bonds is 8. The Bertz CT molecular complexity index is 1040. The molecule has 0 spiro atoms. The lowest BCUT2D eigenvalue weighted by Crippen LogP contribution is -2.25. The van der Waals surface area contributed by atoms with Gasteiger partial charge in [-0.2, -0.15) is 5.10 Å². The van der Waals surface area contributed by atoms with Gasteiger partial charge in [0.2, 0.25) is 5.91 Å². The molecule has 0 aliphatic heterocycles. The Morgan fingerprint density at radius 1 is 1.17 bits per heavy atom. The monoisotopic (exact) mass is 405 g/mol. The highest BCUT2D eigenvalue weighted by Gasteiger charge is 2.09. The summed E-state index contributed by atoms with van der Waals surface area (Å²) in [6, 6.07) is 15.6. The third-order valence-electron chi connectivity index (χ3n) is 4.90. The topological polar surface area (TPSA) is 56.6 Å². The predicted molar refractivity (Wildman–Crippen MR) is 117 cm³/mol. The van der Waals surface area contributed by atoms with Crippen molar-refractivity contribution in [2.75, 3.05) is 14.2 Å². The Morgan fingerprint density at radius 3 is 2.67 bits per heavy atom. The van der Waals surface area contributed by atoms with Gasteiger partial charge in [-0.15, -0.1) is 0 Å². The number of amides is 1. The van der Waals surface area contributed by atoms with Crippen LogP contribution in [-0.2, 0) is 25.0 Å². The van der Waals surface area contributed by atoms with Crippen molar-refractivity contribution in [3.63, 3.8) is 0 Å². The van der Waals surface area contributed by atoms with E-state index in [0.717, 1.165) is 33.9 Å². The summed E-state index contributed by atoms with van der Waals surface area (Å²) >= 11 is 0. The quantitative estimate of drug-likeness (QED) is 0.532. The first kappa shape index (κ1) is 21.2. The Balaban J connectivity index is 1.68. The number of carbonyl (C=O) groups excluding carboxylic acids is 1. The van der Waals surface area contributed by atoms with Crippen LogP contribution in [0.1, 0.15) is 22.4 Å². The zero-order chi connectivity index (χ0) is 21.5. The zero-order valence-electron chi connectivity index (χ0n) is 17.8. The molecule has 0 bridgehead atoms. The number of ether oxygens (including phenoxy) is 2. The Labute approximate surface area is 177 Å². The maximum Gasteiger partial charge on any atom is 0.246 e. The van der Waals surface area contributed by atoms with Crippen molar-refractivity contribution >= 4 is 12.0 Å². The number of likely N-dealkylation sites (N-methyl/N-ethyl adjacent to an activating group) is 1. The van der Waals surface area contributed by atoms with Crippen LogP contribution >= 0.6 is 0 Å². The highest BCUT2D eigenvalue weighted by atomic mass is 16.5. The van der Waals surface area contributed by atoms with Crippen LogP contribution in [0.5, 0.6) is 11.5 Å². The molecule has 3 aromatic rings. The molecule has 0 saturated carbocycles. The number of carbonyl (C=O) groups is 1. The summed E-state index contributed by atoms with van der Waals surface area (Å²) in [7, 11) is 5.27. The van der Waals surface area contributed by atoms with Crippen molar-refractivity contribution in [2.24, 2.45) is 7.05 Å². The Hall–Kier alpha value is -3.54. The van der Waals surface area contributed by atoms with Crippen molar-refractivity contribution in [2.45, 2.75) is 20.1 Å². The predicted octanol–water partition coefficient (Wildman–Crippen LogP) is 3.99. The Kier molecular flexibility index (Phi) is 6.91. The molecule has 6 heteroatoms. The molecule has 2 aromatic carbocycles. The van der Waals surface area contributed by atoms with Crippen LogP contribution in [0.4, 0.5) is 0 Å². The van der Waals surface area contributed by atoms with E-state index < -0.39 is 0 Å². The molecule has 0 N–H and O–H groups in total. The fourth-order valence-electron chi connectivity index (χ4n) is 3.06. The number of aromatic nitrogens is 2. The van der Waals surface area contributed by atoms with Gasteiger partial charge in [0.15, 0.2) is 0 Å². The van der Waals surface area contributed by atoms with E-state index >= 15 is 0 Å². The number of hydrogen-bond acceptors (Lipinski definition) is 4. The molecule has 0 saturated heterocycles. The van der Waals surface area contributed by atoms with E-state index in [4.69, 9.17) is 9.47 Å². The molecule has 3 rings (SSSR count). The number of methoxy groups -OCH3 is 1. The van der Waals surface area contributed by atoms with Gasteiger partial charge in [0.1, 0.15) is 18.1 Å². The highest BCUT2D eigenvalue weighted by molar-refractivity contribution is 5.91. The summed E-state index contributed by atoms with van der Waals surface area (Å²) in [4.78, 5) is 14.1. The third kappa shape index (κ3) is 5.29. The van der Waals surface area contributed by atoms with Crippen molar-refractivity contribution < 1.29 is 14.3 Å². The lowest BCUT2D eigenvalue weighted by atomic mass is 10.1. The van der Waals surface area contributed by atoms with Gasteiger partial charge in [-0.1, -0.05) is 24.3 Å². The van der Waals surface area contributed by atoms with Gasteiger partial charge in [0, 0.05) is 31.9 Å². The van der Waals surface area contributed by atoms with E-state index in [2.05, 4.69) is 5.10 Å². The average molecular weight is 405 g/mol. The normalized spacial score (nSPS) is 10.9. The molecule has 0 aliphatic rings. The fraction of sp³-hybridized carbons (Fsp3) is 0.250. The minimum atomic E-state index is -0.0790. The first-order chi connectivity index (χ1) is 14.5. The first-order valence-electron chi connectivity index (χ1n) is 9.73. The lowest BCUT2D eigenvalue weighted by Gasteiger charge is -2.15. The number of para-hydroxylation sites is 1. The van der Waals surface area contributed by atoms with Crippen LogP contribution in [-0.4, -0.2) is 34.7 Å². The van der Waals surface area contributed by atoms with Crippen LogP contribution in [0.15, 0.2) is 60.8 Å².